The van der Waals surface area contributed by atoms with E-state index in [1.165, 1.54) is 0 Å². The van der Waals surface area contributed by atoms with E-state index in [2.05, 4.69) is 10.3 Å². The fraction of sp³-hybridized carbons (Fsp3) is 0.250. The average Bonchev–Trinajstić information content (AvgIpc) is 2.30. The van der Waals surface area contributed by atoms with Crippen LogP contribution in [0.3, 0.4) is 0 Å². The van der Waals surface area contributed by atoms with Gasteiger partial charge < -0.3 is 10.1 Å². The van der Waals surface area contributed by atoms with Crippen LogP contribution in [0.2, 0.25) is 0 Å². The maximum absolute atomic E-state index is 11.9. The fourth-order valence-electron chi connectivity index (χ4n) is 1.54. The van der Waals surface area contributed by atoms with Gasteiger partial charge in [-0.3, -0.25) is 4.79 Å². The van der Waals surface area contributed by atoms with Gasteiger partial charge in [0.25, 0.3) is 0 Å². The topological polar surface area (TPSA) is 50.7 Å². The molecule has 1 aromatic rings. The van der Waals surface area contributed by atoms with Gasteiger partial charge in [0, 0.05) is 12.3 Å². The third kappa shape index (κ3) is 2.88. The van der Waals surface area contributed by atoms with E-state index in [1.54, 1.807) is 19.1 Å². The van der Waals surface area contributed by atoms with Gasteiger partial charge in [-0.05, 0) is 31.3 Å². The molecule has 0 aromatic heterocycles. The Bertz CT molecular complexity index is 471. The molecule has 0 fully saturated rings. The van der Waals surface area contributed by atoms with Crippen LogP contribution >= 0.6 is 12.2 Å². The van der Waals surface area contributed by atoms with Crippen LogP contribution in [-0.2, 0) is 4.79 Å². The lowest BCUT2D eigenvalue weighted by Crippen LogP contribution is -2.42. The summed E-state index contributed by atoms with van der Waals surface area (Å²) in [7, 11) is 0. The molecule has 5 heteroatoms. The highest BCUT2D eigenvalue weighted by Gasteiger charge is 2.27. The monoisotopic (exact) mass is 248 g/mol. The van der Waals surface area contributed by atoms with Crippen molar-refractivity contribution < 1.29 is 9.53 Å². The predicted molar refractivity (Wildman–Crippen MR) is 69.3 cm³/mol. The molecule has 4 nitrogen and oxygen atoms in total. The van der Waals surface area contributed by atoms with Crippen molar-refractivity contribution in [2.45, 2.75) is 6.92 Å². The van der Waals surface area contributed by atoms with Gasteiger partial charge in [-0.1, -0.05) is 18.2 Å². The Balaban J connectivity index is 2.06. The van der Waals surface area contributed by atoms with Crippen LogP contribution in [-0.4, -0.2) is 23.3 Å². The highest BCUT2D eigenvalue weighted by molar-refractivity contribution is 7.80. The molecule has 1 aliphatic rings. The third-order valence-electron chi connectivity index (χ3n) is 2.49. The minimum Gasteiger partial charge on any atom is -0.426 e. The number of carbonyl (C=O) groups excluding carboxylic acids is 1. The van der Waals surface area contributed by atoms with E-state index in [-0.39, 0.29) is 11.9 Å². The lowest BCUT2D eigenvalue weighted by molar-refractivity contribution is -0.136. The second-order valence-corrected chi connectivity index (χ2v) is 4.11. The molecule has 0 spiro atoms. The molecule has 2 rings (SSSR count). The predicted octanol–water partition coefficient (Wildman–Crippen LogP) is 1.56. The summed E-state index contributed by atoms with van der Waals surface area (Å²) in [5, 5.41) is 3.29. The van der Waals surface area contributed by atoms with Crippen molar-refractivity contribution in [1.82, 2.24) is 5.32 Å². The van der Waals surface area contributed by atoms with Crippen molar-refractivity contribution in [2.75, 3.05) is 6.54 Å². The van der Waals surface area contributed by atoms with E-state index in [0.29, 0.717) is 23.1 Å². The van der Waals surface area contributed by atoms with Crippen molar-refractivity contribution in [3.63, 3.8) is 0 Å². The number of aliphatic imine (C=N–C) groups is 1. The van der Waals surface area contributed by atoms with E-state index in [9.17, 15) is 4.79 Å². The summed E-state index contributed by atoms with van der Waals surface area (Å²) in [6.07, 6.45) is 0. The van der Waals surface area contributed by atoms with Crippen molar-refractivity contribution in [3.05, 3.63) is 30.3 Å². The summed E-state index contributed by atoms with van der Waals surface area (Å²) in [5.74, 6) is -0.146. The first kappa shape index (κ1) is 11.7. The average molecular weight is 248 g/mol. The summed E-state index contributed by atoms with van der Waals surface area (Å²) in [4.78, 5) is 16.0. The smallest absolute Gasteiger partial charge is 0.321 e. The molecule has 1 aliphatic heterocycles. The lowest BCUT2D eigenvalue weighted by Gasteiger charge is -2.20. The molecule has 1 heterocycles. The second kappa shape index (κ2) is 5.05. The molecule has 17 heavy (non-hydrogen) atoms. The maximum atomic E-state index is 11.9. The van der Waals surface area contributed by atoms with Crippen LogP contribution in [0.4, 0.5) is 0 Å². The van der Waals surface area contributed by atoms with E-state index in [0.717, 1.165) is 0 Å². The number of thiocarbonyl (C=S) groups is 1. The van der Waals surface area contributed by atoms with Gasteiger partial charge in [0.05, 0.1) is 0 Å². The van der Waals surface area contributed by atoms with Crippen LogP contribution in [0.25, 0.3) is 0 Å². The Morgan fingerprint density at radius 1 is 1.47 bits per heavy atom. The van der Waals surface area contributed by atoms with Crippen molar-refractivity contribution in [2.24, 2.45) is 10.9 Å². The zero-order chi connectivity index (χ0) is 12.3. The van der Waals surface area contributed by atoms with Gasteiger partial charge in [0.15, 0.2) is 5.11 Å². The molecular weight excluding hydrogens is 236 g/mol. The largest absolute Gasteiger partial charge is 0.426 e. The van der Waals surface area contributed by atoms with Crippen LogP contribution < -0.4 is 10.1 Å². The molecule has 1 unspecified atom stereocenters. The number of rotatable bonds is 2. The first-order valence-electron chi connectivity index (χ1n) is 5.26. The number of ether oxygens (including phenoxy) is 1. The minimum absolute atomic E-state index is 0.313. The molecule has 0 saturated carbocycles. The van der Waals surface area contributed by atoms with Gasteiger partial charge >= 0.3 is 5.97 Å². The Hall–Kier alpha value is -1.75. The number of carbonyl (C=O) groups is 1. The van der Waals surface area contributed by atoms with Crippen molar-refractivity contribution >= 4 is 29.0 Å². The highest BCUT2D eigenvalue weighted by atomic mass is 32.1. The summed E-state index contributed by atoms with van der Waals surface area (Å²) < 4.78 is 5.26. The molecule has 88 valence electrons. The Labute approximate surface area is 105 Å². The molecule has 0 bridgehead atoms. The number of hydrogen-bond donors (Lipinski definition) is 1. The lowest BCUT2D eigenvalue weighted by atomic mass is 10.0. The number of benzene rings is 1. The summed E-state index contributed by atoms with van der Waals surface area (Å²) in [6, 6.07) is 8.98. The molecule has 1 N–H and O–H groups in total. The van der Waals surface area contributed by atoms with Crippen molar-refractivity contribution in [1.29, 1.82) is 0 Å². The van der Waals surface area contributed by atoms with Crippen LogP contribution in [0.5, 0.6) is 5.75 Å². The number of para-hydroxylation sites is 1. The molecule has 0 amide bonds. The van der Waals surface area contributed by atoms with Gasteiger partial charge in [-0.2, -0.15) is 0 Å². The first-order valence-corrected chi connectivity index (χ1v) is 5.67. The summed E-state index contributed by atoms with van der Waals surface area (Å²) in [6.45, 7) is 2.23. The molecular formula is C12H12N2O2S. The van der Waals surface area contributed by atoms with E-state index in [1.807, 2.05) is 18.2 Å². The first-order chi connectivity index (χ1) is 8.16. The second-order valence-electron chi connectivity index (χ2n) is 3.73. The molecule has 0 radical (unpaired) electrons. The van der Waals surface area contributed by atoms with Gasteiger partial charge in [-0.15, -0.1) is 0 Å². The normalized spacial score (nSPS) is 19.2. The summed E-state index contributed by atoms with van der Waals surface area (Å²) >= 11 is 4.90. The quantitative estimate of drug-likeness (QED) is 0.490. The zero-order valence-corrected chi connectivity index (χ0v) is 10.2. The van der Waals surface area contributed by atoms with E-state index < -0.39 is 0 Å². The maximum Gasteiger partial charge on any atom is 0.321 e. The summed E-state index contributed by atoms with van der Waals surface area (Å²) in [5.41, 5.74) is 0.690. The number of hydrogen-bond acceptors (Lipinski definition) is 3. The number of nitrogens with one attached hydrogen (secondary N) is 1. The van der Waals surface area contributed by atoms with Gasteiger partial charge in [0.2, 0.25) is 0 Å². The Morgan fingerprint density at radius 3 is 2.82 bits per heavy atom. The molecule has 1 aromatic carbocycles. The van der Waals surface area contributed by atoms with Gasteiger partial charge in [0.1, 0.15) is 11.7 Å². The van der Waals surface area contributed by atoms with E-state index in [4.69, 9.17) is 17.0 Å². The Morgan fingerprint density at radius 2 is 2.18 bits per heavy atom. The molecule has 1 atom stereocenters. The molecule has 0 aliphatic carbocycles. The van der Waals surface area contributed by atoms with E-state index >= 15 is 0 Å². The highest BCUT2D eigenvalue weighted by Crippen LogP contribution is 2.13. The standard InChI is InChI=1S/C12H12N2O2S/c1-8-10(7-13-12(17)14-8)11(15)16-9-5-3-2-4-6-9/h2-6,10H,7H2,1H3,(H,13,17). The third-order valence-corrected chi connectivity index (χ3v) is 2.72. The van der Waals surface area contributed by atoms with Crippen molar-refractivity contribution in [3.8, 4) is 5.75 Å². The number of esters is 1. The van der Waals surface area contributed by atoms with Crippen LogP contribution in [0.1, 0.15) is 6.92 Å². The number of nitrogens with zero attached hydrogens (tertiary/aromatic N) is 1. The minimum atomic E-state index is -0.373. The van der Waals surface area contributed by atoms with Gasteiger partial charge in [-0.25, -0.2) is 4.99 Å². The van der Waals surface area contributed by atoms with Crippen LogP contribution in [0, 0.1) is 5.92 Å². The molecule has 0 saturated heterocycles. The fourth-order valence-corrected chi connectivity index (χ4v) is 1.77. The zero-order valence-electron chi connectivity index (χ0n) is 9.34. The Kier molecular flexibility index (Phi) is 3.49. The van der Waals surface area contributed by atoms with Crippen LogP contribution in [0.15, 0.2) is 35.3 Å². The SMILES string of the molecule is CC1=NC(=S)NCC1C(=O)Oc1ccccc1.